The predicted octanol–water partition coefficient (Wildman–Crippen LogP) is 3.89. The van der Waals surface area contributed by atoms with Gasteiger partial charge in [-0.05, 0) is 35.9 Å². The lowest BCUT2D eigenvalue weighted by molar-refractivity contribution is 0.0945. The summed E-state index contributed by atoms with van der Waals surface area (Å²) in [5, 5.41) is 3.06. The van der Waals surface area contributed by atoms with Crippen molar-refractivity contribution in [2.45, 2.75) is 13.2 Å². The van der Waals surface area contributed by atoms with E-state index in [1.54, 1.807) is 29.1 Å². The molecule has 0 aliphatic heterocycles. The number of hydrogen-bond acceptors (Lipinski definition) is 4. The zero-order chi connectivity index (χ0) is 19.3. The summed E-state index contributed by atoms with van der Waals surface area (Å²) in [5.41, 5.74) is 2.91. The van der Waals surface area contributed by atoms with Crippen molar-refractivity contribution < 1.29 is 9.53 Å². The molecule has 1 amide bonds. The number of fused-ring (bicyclic) bond motifs is 1. The molecule has 0 radical (unpaired) electrons. The molecule has 4 rings (SSSR count). The summed E-state index contributed by atoms with van der Waals surface area (Å²) in [7, 11) is 0. The van der Waals surface area contributed by atoms with Crippen LogP contribution in [0.25, 0.3) is 5.65 Å². The predicted molar refractivity (Wildman–Crippen MR) is 106 cm³/mol. The van der Waals surface area contributed by atoms with Crippen molar-refractivity contribution in [3.05, 3.63) is 95.2 Å². The minimum absolute atomic E-state index is 0.183. The topological polar surface area (TPSA) is 68.5 Å². The molecule has 7 heteroatoms. The van der Waals surface area contributed by atoms with E-state index in [2.05, 4.69) is 15.3 Å². The first kappa shape index (κ1) is 18.0. The van der Waals surface area contributed by atoms with E-state index in [1.165, 1.54) is 0 Å². The maximum atomic E-state index is 12.6. The van der Waals surface area contributed by atoms with Crippen LogP contribution >= 0.6 is 11.6 Å². The van der Waals surface area contributed by atoms with Crippen LogP contribution in [0.1, 0.15) is 21.6 Å². The molecule has 0 saturated carbocycles. The number of aromatic nitrogens is 3. The minimum atomic E-state index is -0.277. The Morgan fingerprint density at radius 1 is 1.07 bits per heavy atom. The second-order valence-corrected chi connectivity index (χ2v) is 6.51. The highest BCUT2D eigenvalue weighted by Gasteiger charge is 2.17. The molecule has 0 aliphatic carbocycles. The summed E-state index contributed by atoms with van der Waals surface area (Å²) in [4.78, 5) is 20.8. The van der Waals surface area contributed by atoms with Crippen molar-refractivity contribution in [1.82, 2.24) is 19.7 Å². The lowest BCUT2D eigenvalue weighted by Gasteiger charge is -2.08. The third kappa shape index (κ3) is 3.97. The summed E-state index contributed by atoms with van der Waals surface area (Å²) >= 11 is 6.14. The Morgan fingerprint density at radius 2 is 1.93 bits per heavy atom. The van der Waals surface area contributed by atoms with Crippen LogP contribution in [-0.2, 0) is 13.2 Å². The maximum Gasteiger partial charge on any atom is 0.271 e. The van der Waals surface area contributed by atoms with Gasteiger partial charge in [0.15, 0.2) is 10.8 Å². The van der Waals surface area contributed by atoms with Crippen molar-refractivity contribution in [2.24, 2.45) is 0 Å². The average molecular weight is 393 g/mol. The van der Waals surface area contributed by atoms with E-state index in [4.69, 9.17) is 16.3 Å². The van der Waals surface area contributed by atoms with Gasteiger partial charge in [-0.15, -0.1) is 0 Å². The standard InChI is InChI=1S/C21H17ClN4O2/c22-20-19(26-11-2-1-5-18(26)25-20)21(27)24-13-15-6-8-17(9-7-15)28-14-16-4-3-10-23-12-16/h1-12H,13-14H2,(H,24,27). The number of amides is 1. The van der Waals surface area contributed by atoms with Gasteiger partial charge in [-0.25, -0.2) is 4.98 Å². The number of hydrogen-bond donors (Lipinski definition) is 1. The van der Waals surface area contributed by atoms with Gasteiger partial charge in [-0.3, -0.25) is 14.2 Å². The highest BCUT2D eigenvalue weighted by molar-refractivity contribution is 6.32. The summed E-state index contributed by atoms with van der Waals surface area (Å²) in [5.74, 6) is 0.476. The Kier molecular flexibility index (Phi) is 5.21. The van der Waals surface area contributed by atoms with E-state index in [-0.39, 0.29) is 11.1 Å². The molecule has 3 aromatic heterocycles. The Balaban J connectivity index is 1.37. The van der Waals surface area contributed by atoms with Gasteiger partial charge in [0.25, 0.3) is 5.91 Å². The Hall–Kier alpha value is -3.38. The largest absolute Gasteiger partial charge is 0.489 e. The van der Waals surface area contributed by atoms with Crippen LogP contribution in [0.4, 0.5) is 0 Å². The fourth-order valence-corrected chi connectivity index (χ4v) is 3.05. The number of benzene rings is 1. The molecule has 0 fully saturated rings. The van der Waals surface area contributed by atoms with Crippen molar-refractivity contribution in [3.8, 4) is 5.75 Å². The second-order valence-electron chi connectivity index (χ2n) is 6.16. The molecule has 0 atom stereocenters. The monoisotopic (exact) mass is 392 g/mol. The number of carbonyl (C=O) groups is 1. The van der Waals surface area contributed by atoms with Gasteiger partial charge >= 0.3 is 0 Å². The van der Waals surface area contributed by atoms with Crippen molar-refractivity contribution >= 4 is 23.2 Å². The van der Waals surface area contributed by atoms with Crippen molar-refractivity contribution in [1.29, 1.82) is 0 Å². The molecular weight excluding hydrogens is 376 g/mol. The quantitative estimate of drug-likeness (QED) is 0.540. The molecule has 28 heavy (non-hydrogen) atoms. The van der Waals surface area contributed by atoms with Crippen molar-refractivity contribution in [3.63, 3.8) is 0 Å². The van der Waals surface area contributed by atoms with Crippen molar-refractivity contribution in [2.75, 3.05) is 0 Å². The Bertz CT molecular complexity index is 1090. The van der Waals surface area contributed by atoms with E-state index < -0.39 is 0 Å². The first-order valence-electron chi connectivity index (χ1n) is 8.72. The third-order valence-electron chi connectivity index (χ3n) is 4.21. The SMILES string of the molecule is O=C(NCc1ccc(OCc2cccnc2)cc1)c1c(Cl)nc2ccccn12. The fourth-order valence-electron chi connectivity index (χ4n) is 2.79. The number of rotatable bonds is 6. The first-order valence-corrected chi connectivity index (χ1v) is 9.10. The van der Waals surface area contributed by atoms with E-state index in [9.17, 15) is 4.79 Å². The zero-order valence-electron chi connectivity index (χ0n) is 14.9. The molecule has 4 aromatic rings. The highest BCUT2D eigenvalue weighted by atomic mass is 35.5. The van der Waals surface area contributed by atoms with Crippen LogP contribution in [0.15, 0.2) is 73.2 Å². The lowest BCUT2D eigenvalue weighted by Crippen LogP contribution is -2.24. The summed E-state index contributed by atoms with van der Waals surface area (Å²) < 4.78 is 7.41. The normalized spacial score (nSPS) is 10.8. The zero-order valence-corrected chi connectivity index (χ0v) is 15.6. The number of halogens is 1. The highest BCUT2D eigenvalue weighted by Crippen LogP contribution is 2.18. The van der Waals surface area contributed by atoms with Gasteiger partial charge < -0.3 is 10.1 Å². The van der Waals surface area contributed by atoms with Crippen LogP contribution in [0.3, 0.4) is 0 Å². The lowest BCUT2D eigenvalue weighted by atomic mass is 10.2. The fraction of sp³-hybridized carbons (Fsp3) is 0.0952. The number of carbonyl (C=O) groups excluding carboxylic acids is 1. The van der Waals surface area contributed by atoms with E-state index in [1.807, 2.05) is 48.5 Å². The maximum absolute atomic E-state index is 12.6. The van der Waals surface area contributed by atoms with Gasteiger partial charge in [-0.1, -0.05) is 35.9 Å². The second kappa shape index (κ2) is 8.10. The third-order valence-corrected chi connectivity index (χ3v) is 4.47. The molecule has 0 bridgehead atoms. The molecule has 6 nitrogen and oxygen atoms in total. The van der Waals surface area contributed by atoms with Crippen LogP contribution < -0.4 is 10.1 Å². The molecule has 0 spiro atoms. The van der Waals surface area contributed by atoms with Gasteiger partial charge in [0.2, 0.25) is 0 Å². The number of nitrogens with zero attached hydrogens (tertiary/aromatic N) is 3. The summed E-state index contributed by atoms with van der Waals surface area (Å²) in [6, 6.07) is 16.9. The Labute approximate surface area is 166 Å². The summed E-state index contributed by atoms with van der Waals surface area (Å²) in [6.45, 7) is 0.828. The van der Waals surface area contributed by atoms with E-state index >= 15 is 0 Å². The number of nitrogens with one attached hydrogen (secondary N) is 1. The van der Waals surface area contributed by atoms with Gasteiger partial charge in [-0.2, -0.15) is 0 Å². The van der Waals surface area contributed by atoms with E-state index in [0.717, 1.165) is 16.9 Å². The molecule has 0 unspecified atom stereocenters. The molecule has 0 saturated heterocycles. The molecule has 1 N–H and O–H groups in total. The average Bonchev–Trinajstić information content (AvgIpc) is 3.08. The summed E-state index contributed by atoms with van der Waals surface area (Å²) in [6.07, 6.45) is 5.26. The molecule has 1 aromatic carbocycles. The number of ether oxygens (including phenoxy) is 1. The van der Waals surface area contributed by atoms with E-state index in [0.29, 0.717) is 24.5 Å². The first-order chi connectivity index (χ1) is 13.7. The molecule has 0 aliphatic rings. The van der Waals surface area contributed by atoms with Crippen LogP contribution in [0, 0.1) is 0 Å². The minimum Gasteiger partial charge on any atom is -0.489 e. The van der Waals surface area contributed by atoms with Crippen LogP contribution in [0.5, 0.6) is 5.75 Å². The van der Waals surface area contributed by atoms with Gasteiger partial charge in [0.05, 0.1) is 0 Å². The molecule has 140 valence electrons. The van der Waals surface area contributed by atoms with Gasteiger partial charge in [0, 0.05) is 30.7 Å². The number of imidazole rings is 1. The smallest absolute Gasteiger partial charge is 0.271 e. The molecule has 3 heterocycles. The van der Waals surface area contributed by atoms with Gasteiger partial charge in [0.1, 0.15) is 18.0 Å². The van der Waals surface area contributed by atoms with Crippen LogP contribution in [0.2, 0.25) is 5.15 Å². The molecular formula is C21H17ClN4O2. The Morgan fingerprint density at radius 3 is 2.71 bits per heavy atom. The number of pyridine rings is 2. The van der Waals surface area contributed by atoms with Crippen LogP contribution in [-0.4, -0.2) is 20.3 Å².